The van der Waals surface area contributed by atoms with E-state index < -0.39 is 31.2 Å². The Bertz CT molecular complexity index is 797. The van der Waals surface area contributed by atoms with Crippen LogP contribution in [0.3, 0.4) is 0 Å². The minimum Gasteiger partial charge on any atom is -0.489 e. The fourth-order valence-electron chi connectivity index (χ4n) is 1.67. The van der Waals surface area contributed by atoms with E-state index in [9.17, 15) is 9.18 Å². The van der Waals surface area contributed by atoms with E-state index in [-0.39, 0.29) is 17.9 Å². The summed E-state index contributed by atoms with van der Waals surface area (Å²) < 4.78 is 56.4. The number of carbonyl (C=O) groups excluding carboxylic acids is 1. The highest BCUT2D eigenvalue weighted by Gasteiger charge is 2.07. The van der Waals surface area contributed by atoms with Gasteiger partial charge in [-0.2, -0.15) is 0 Å². The molecule has 0 heterocycles. The van der Waals surface area contributed by atoms with Gasteiger partial charge < -0.3 is 15.8 Å². The van der Waals surface area contributed by atoms with Crippen LogP contribution in [0.2, 0.25) is 0 Å². The second-order valence-corrected chi connectivity index (χ2v) is 4.57. The molecule has 0 radical (unpaired) electrons. The molecule has 0 spiro atoms. The van der Waals surface area contributed by atoms with Crippen molar-refractivity contribution in [3.8, 4) is 5.75 Å². The first-order valence-corrected chi connectivity index (χ1v) is 6.56. The first-order valence-electron chi connectivity index (χ1n) is 9.06. The van der Waals surface area contributed by atoms with E-state index >= 15 is 0 Å². The van der Waals surface area contributed by atoms with Gasteiger partial charge in [-0.1, -0.05) is 24.3 Å². The number of carbonyl (C=O) groups is 1. The van der Waals surface area contributed by atoms with Crippen LogP contribution in [0.15, 0.2) is 48.5 Å². The van der Waals surface area contributed by atoms with Gasteiger partial charge in [0.15, 0.2) is 0 Å². The molecule has 0 unspecified atom stereocenters. The van der Waals surface area contributed by atoms with Gasteiger partial charge in [0.2, 0.25) is 5.91 Å². The van der Waals surface area contributed by atoms with Crippen LogP contribution < -0.4 is 15.8 Å². The normalized spacial score (nSPS) is 16.5. The molecule has 0 saturated carbocycles. The van der Waals surface area contributed by atoms with E-state index in [0.29, 0.717) is 5.56 Å². The van der Waals surface area contributed by atoms with E-state index in [1.54, 1.807) is 12.1 Å². The Morgan fingerprint density at radius 3 is 2.77 bits per heavy atom. The third-order valence-electron chi connectivity index (χ3n) is 2.83. The molecule has 2 aromatic carbocycles. The molecule has 3 N–H and O–H groups in total. The second kappa shape index (κ2) is 7.56. The number of amides is 1. The molecular weight excluding hydrogens is 283 g/mol. The van der Waals surface area contributed by atoms with Crippen molar-refractivity contribution < 1.29 is 20.8 Å². The van der Waals surface area contributed by atoms with E-state index in [4.69, 9.17) is 17.3 Å². The van der Waals surface area contributed by atoms with Gasteiger partial charge in [-0.3, -0.25) is 4.79 Å². The van der Waals surface area contributed by atoms with Crippen molar-refractivity contribution in [3.63, 3.8) is 0 Å². The first-order chi connectivity index (χ1) is 12.5. The van der Waals surface area contributed by atoms with Crippen LogP contribution in [0.25, 0.3) is 0 Å². The second-order valence-electron chi connectivity index (χ2n) is 4.57. The molecule has 4 nitrogen and oxygen atoms in total. The Hall–Kier alpha value is -2.40. The third kappa shape index (κ3) is 4.86. The summed E-state index contributed by atoms with van der Waals surface area (Å²) in [5, 5.41) is 2.58. The number of halogens is 1. The summed E-state index contributed by atoms with van der Waals surface area (Å²) in [6, 6.07) is 9.74. The number of nitrogens with two attached hydrogens (primary N) is 1. The topological polar surface area (TPSA) is 64.3 Å². The fourth-order valence-corrected chi connectivity index (χ4v) is 1.67. The molecule has 0 bridgehead atoms. The molecule has 0 fully saturated rings. The Morgan fingerprint density at radius 2 is 2.14 bits per heavy atom. The Labute approximate surface area is 136 Å². The minimum atomic E-state index is -2.56. The molecule has 5 heteroatoms. The lowest BCUT2D eigenvalue weighted by molar-refractivity contribution is -0.119. The molecule has 0 aliphatic carbocycles. The summed E-state index contributed by atoms with van der Waals surface area (Å²) in [6.07, 6.45) is 0. The van der Waals surface area contributed by atoms with Crippen molar-refractivity contribution in [3.05, 3.63) is 65.5 Å². The summed E-state index contributed by atoms with van der Waals surface area (Å²) in [5.41, 5.74) is 5.78. The maximum Gasteiger partial charge on any atom is 0.234 e. The van der Waals surface area contributed by atoms with Gasteiger partial charge >= 0.3 is 0 Å². The summed E-state index contributed by atoms with van der Waals surface area (Å²) in [5.74, 6) is -1.34. The van der Waals surface area contributed by atoms with Crippen LogP contribution in [-0.4, -0.2) is 11.9 Å². The van der Waals surface area contributed by atoms with Crippen molar-refractivity contribution >= 4 is 5.91 Å². The van der Waals surface area contributed by atoms with E-state index in [2.05, 4.69) is 5.32 Å². The highest BCUT2D eigenvalue weighted by atomic mass is 19.1. The average Bonchev–Trinajstić information content (AvgIpc) is 2.55. The highest BCUT2D eigenvalue weighted by Crippen LogP contribution is 2.14. The predicted molar refractivity (Wildman–Crippen MR) is 82.7 cm³/mol. The van der Waals surface area contributed by atoms with Crippen LogP contribution in [0.5, 0.6) is 5.75 Å². The molecule has 2 aromatic rings. The third-order valence-corrected chi connectivity index (χ3v) is 2.83. The lowest BCUT2D eigenvalue weighted by Crippen LogP contribution is -2.38. The summed E-state index contributed by atoms with van der Waals surface area (Å²) in [4.78, 5) is 11.2. The highest BCUT2D eigenvalue weighted by molar-refractivity contribution is 5.79. The SMILES string of the molecule is [2H]C([2H])(Oc1ccc(CN[C@H](C(N)=O)C([2H])([2H])[2H])cc1)c1cccc(F)c1. The van der Waals surface area contributed by atoms with Gasteiger partial charge in [0.1, 0.15) is 18.1 Å². The number of rotatable bonds is 7. The van der Waals surface area contributed by atoms with E-state index in [1.807, 2.05) is 0 Å². The maximum absolute atomic E-state index is 13.3. The number of benzene rings is 2. The zero-order valence-corrected chi connectivity index (χ0v) is 11.7. The quantitative estimate of drug-likeness (QED) is 0.825. The van der Waals surface area contributed by atoms with Gasteiger partial charge in [-0.15, -0.1) is 0 Å². The minimum absolute atomic E-state index is 0.0372. The standard InChI is InChI=1S/C17H19FN2O2/c1-12(17(19)21)20-10-13-5-7-16(8-6-13)22-11-14-3-2-4-15(18)9-14/h2-9,12,20H,10-11H2,1H3,(H2,19,21)/t12-/m0/s1/i1D3,11D2. The molecule has 0 saturated heterocycles. The molecule has 0 aromatic heterocycles. The van der Waals surface area contributed by atoms with Crippen LogP contribution >= 0.6 is 0 Å². The molecule has 22 heavy (non-hydrogen) atoms. The number of hydrogen-bond acceptors (Lipinski definition) is 3. The molecular formula is C17H19FN2O2. The molecule has 0 aliphatic heterocycles. The van der Waals surface area contributed by atoms with Crippen LogP contribution in [0.4, 0.5) is 4.39 Å². The number of primary amides is 1. The fraction of sp³-hybridized carbons (Fsp3) is 0.235. The molecule has 116 valence electrons. The molecule has 0 aliphatic rings. The molecule has 1 atom stereocenters. The maximum atomic E-state index is 13.3. The van der Waals surface area contributed by atoms with Crippen LogP contribution in [-0.2, 0) is 17.9 Å². The van der Waals surface area contributed by atoms with Gasteiger partial charge in [-0.05, 0) is 42.2 Å². The van der Waals surface area contributed by atoms with Crippen molar-refractivity contribution in [2.24, 2.45) is 5.73 Å². The van der Waals surface area contributed by atoms with Gasteiger partial charge in [0.25, 0.3) is 0 Å². The average molecular weight is 307 g/mol. The zero-order valence-electron chi connectivity index (χ0n) is 16.7. The first kappa shape index (κ1) is 10.3. The van der Waals surface area contributed by atoms with Gasteiger partial charge in [0.05, 0.1) is 8.78 Å². The lowest BCUT2D eigenvalue weighted by atomic mass is 10.2. The van der Waals surface area contributed by atoms with Crippen molar-refractivity contribution in [2.75, 3.05) is 0 Å². The van der Waals surface area contributed by atoms with Crippen molar-refractivity contribution in [2.45, 2.75) is 26.0 Å². The van der Waals surface area contributed by atoms with Crippen molar-refractivity contribution in [1.82, 2.24) is 5.32 Å². The van der Waals surface area contributed by atoms with Crippen LogP contribution in [0, 0.1) is 5.82 Å². The van der Waals surface area contributed by atoms with E-state index in [1.165, 1.54) is 30.3 Å². The summed E-state index contributed by atoms with van der Waals surface area (Å²) >= 11 is 0. The molecule has 2 rings (SSSR count). The smallest absolute Gasteiger partial charge is 0.234 e. The zero-order chi connectivity index (χ0) is 20.2. The Morgan fingerprint density at radius 1 is 1.36 bits per heavy atom. The lowest BCUT2D eigenvalue weighted by Gasteiger charge is -2.11. The Kier molecular flexibility index (Phi) is 3.56. The predicted octanol–water partition coefficient (Wildman–Crippen LogP) is 2.37. The summed E-state index contributed by atoms with van der Waals surface area (Å²) in [7, 11) is 0. The van der Waals surface area contributed by atoms with Crippen LogP contribution in [0.1, 0.15) is 24.8 Å². The Balaban J connectivity index is 2.03. The van der Waals surface area contributed by atoms with Gasteiger partial charge in [0, 0.05) is 10.7 Å². The number of nitrogens with one attached hydrogen (secondary N) is 1. The monoisotopic (exact) mass is 307 g/mol. The number of hydrogen-bond donors (Lipinski definition) is 2. The largest absolute Gasteiger partial charge is 0.489 e. The van der Waals surface area contributed by atoms with Gasteiger partial charge in [-0.25, -0.2) is 4.39 Å². The molecule has 1 amide bonds. The summed E-state index contributed by atoms with van der Waals surface area (Å²) in [6.45, 7) is -4.72. The number of ether oxygens (including phenoxy) is 1. The van der Waals surface area contributed by atoms with Crippen molar-refractivity contribution in [1.29, 1.82) is 0 Å². The van der Waals surface area contributed by atoms with E-state index in [0.717, 1.165) is 6.07 Å².